The first-order valence-electron chi connectivity index (χ1n) is 9.87. The lowest BCUT2D eigenvalue weighted by molar-refractivity contribution is 0.102. The lowest BCUT2D eigenvalue weighted by atomic mass is 9.87. The Kier molecular flexibility index (Phi) is 6.53. The lowest BCUT2D eigenvalue weighted by Gasteiger charge is -2.19. The highest BCUT2D eigenvalue weighted by atomic mass is 32.1. The molecule has 1 amide bonds. The molecule has 0 aliphatic carbocycles. The summed E-state index contributed by atoms with van der Waals surface area (Å²) in [6.07, 6.45) is 0. The third kappa shape index (κ3) is 5.91. The molecule has 4 nitrogen and oxygen atoms in total. The first-order chi connectivity index (χ1) is 14.2. The molecule has 0 aliphatic rings. The van der Waals surface area contributed by atoms with Crippen molar-refractivity contribution in [3.8, 4) is 0 Å². The molecule has 0 bridgehead atoms. The summed E-state index contributed by atoms with van der Waals surface area (Å²) >= 11 is 5.39. The van der Waals surface area contributed by atoms with Crippen LogP contribution in [0.25, 0.3) is 0 Å². The summed E-state index contributed by atoms with van der Waals surface area (Å²) in [7, 11) is 0. The average Bonchev–Trinajstić information content (AvgIpc) is 2.69. The minimum Gasteiger partial charge on any atom is -0.332 e. The van der Waals surface area contributed by atoms with Crippen LogP contribution in [0.3, 0.4) is 0 Å². The molecule has 3 rings (SSSR count). The van der Waals surface area contributed by atoms with Crippen LogP contribution in [0, 0.1) is 6.92 Å². The van der Waals surface area contributed by atoms with Gasteiger partial charge in [0.05, 0.1) is 0 Å². The van der Waals surface area contributed by atoms with E-state index in [4.69, 9.17) is 12.2 Å². The Morgan fingerprint density at radius 1 is 0.767 bits per heavy atom. The standard InChI is InChI=1S/C25H27N3OS/c1-17-8-14-20(15-9-17)27-24(30)28-22-7-5-6-21(16-22)26-23(29)18-10-12-19(13-11-18)25(2,3)4/h5-16H,1-4H3,(H,26,29)(H2,27,28,30). The van der Waals surface area contributed by atoms with Gasteiger partial charge in [-0.3, -0.25) is 4.79 Å². The molecule has 0 fully saturated rings. The van der Waals surface area contributed by atoms with Gasteiger partial charge < -0.3 is 16.0 Å². The topological polar surface area (TPSA) is 53.2 Å². The van der Waals surface area contributed by atoms with Gasteiger partial charge >= 0.3 is 0 Å². The van der Waals surface area contributed by atoms with Crippen LogP contribution in [-0.2, 0) is 5.41 Å². The first kappa shape index (κ1) is 21.5. The van der Waals surface area contributed by atoms with Gasteiger partial charge in [0, 0.05) is 22.6 Å². The highest BCUT2D eigenvalue weighted by Crippen LogP contribution is 2.23. The zero-order valence-electron chi connectivity index (χ0n) is 17.7. The Labute approximate surface area is 183 Å². The van der Waals surface area contributed by atoms with Crippen molar-refractivity contribution < 1.29 is 4.79 Å². The van der Waals surface area contributed by atoms with Crippen molar-refractivity contribution in [3.05, 3.63) is 89.5 Å². The van der Waals surface area contributed by atoms with E-state index in [1.165, 1.54) is 11.1 Å². The van der Waals surface area contributed by atoms with Gasteiger partial charge in [-0.05, 0) is 72.6 Å². The van der Waals surface area contributed by atoms with Gasteiger partial charge in [-0.15, -0.1) is 0 Å². The molecule has 3 N–H and O–H groups in total. The van der Waals surface area contributed by atoms with Crippen molar-refractivity contribution in [3.63, 3.8) is 0 Å². The summed E-state index contributed by atoms with van der Waals surface area (Å²) in [5.41, 5.74) is 5.47. The van der Waals surface area contributed by atoms with Gasteiger partial charge in [0.2, 0.25) is 0 Å². The largest absolute Gasteiger partial charge is 0.332 e. The van der Waals surface area contributed by atoms with E-state index in [1.54, 1.807) is 0 Å². The summed E-state index contributed by atoms with van der Waals surface area (Å²) in [5, 5.41) is 9.74. The molecule has 0 aromatic heterocycles. The predicted molar refractivity (Wildman–Crippen MR) is 131 cm³/mol. The minimum atomic E-state index is -0.145. The van der Waals surface area contributed by atoms with E-state index in [2.05, 4.69) is 36.7 Å². The van der Waals surface area contributed by atoms with Gasteiger partial charge in [0.25, 0.3) is 5.91 Å². The fraction of sp³-hybridized carbons (Fsp3) is 0.200. The molecule has 30 heavy (non-hydrogen) atoms. The van der Waals surface area contributed by atoms with Crippen molar-refractivity contribution in [2.45, 2.75) is 33.1 Å². The number of hydrogen-bond acceptors (Lipinski definition) is 2. The quantitative estimate of drug-likeness (QED) is 0.433. The van der Waals surface area contributed by atoms with Crippen molar-refractivity contribution >= 4 is 40.3 Å². The van der Waals surface area contributed by atoms with Crippen molar-refractivity contribution in [1.82, 2.24) is 0 Å². The Hall–Kier alpha value is -3.18. The van der Waals surface area contributed by atoms with Gasteiger partial charge in [-0.1, -0.05) is 56.7 Å². The zero-order chi connectivity index (χ0) is 21.7. The molecule has 3 aromatic carbocycles. The van der Waals surface area contributed by atoms with Crippen molar-refractivity contribution in [2.75, 3.05) is 16.0 Å². The van der Waals surface area contributed by atoms with Gasteiger partial charge in [0.15, 0.2) is 5.11 Å². The maximum absolute atomic E-state index is 12.6. The van der Waals surface area contributed by atoms with Crippen LogP contribution in [-0.4, -0.2) is 11.0 Å². The van der Waals surface area contributed by atoms with E-state index in [-0.39, 0.29) is 11.3 Å². The second-order valence-electron chi connectivity index (χ2n) is 8.31. The van der Waals surface area contributed by atoms with Crippen LogP contribution < -0.4 is 16.0 Å². The van der Waals surface area contributed by atoms with Crippen LogP contribution >= 0.6 is 12.2 Å². The Balaban J connectivity index is 1.62. The summed E-state index contributed by atoms with van der Waals surface area (Å²) in [5.74, 6) is -0.145. The predicted octanol–water partition coefficient (Wildman–Crippen LogP) is 6.35. The lowest BCUT2D eigenvalue weighted by Crippen LogP contribution is -2.19. The van der Waals surface area contributed by atoms with Crippen LogP contribution in [0.4, 0.5) is 17.1 Å². The van der Waals surface area contributed by atoms with Crippen molar-refractivity contribution in [1.29, 1.82) is 0 Å². The molecule has 0 unspecified atom stereocenters. The molecule has 154 valence electrons. The van der Waals surface area contributed by atoms with Crippen LogP contribution in [0.1, 0.15) is 42.3 Å². The second-order valence-corrected chi connectivity index (χ2v) is 8.72. The molecular weight excluding hydrogens is 390 g/mol. The summed E-state index contributed by atoms with van der Waals surface area (Å²) in [6, 6.07) is 23.2. The van der Waals surface area contributed by atoms with Crippen LogP contribution in [0.5, 0.6) is 0 Å². The summed E-state index contributed by atoms with van der Waals surface area (Å²) in [4.78, 5) is 12.6. The molecule has 0 spiro atoms. The molecular formula is C25H27N3OS. The van der Waals surface area contributed by atoms with E-state index in [0.717, 1.165) is 11.4 Å². The molecule has 0 atom stereocenters. The van der Waals surface area contributed by atoms with E-state index >= 15 is 0 Å². The number of carbonyl (C=O) groups is 1. The van der Waals surface area contributed by atoms with Gasteiger partial charge in [-0.25, -0.2) is 0 Å². The van der Waals surface area contributed by atoms with Crippen LogP contribution in [0.2, 0.25) is 0 Å². The van der Waals surface area contributed by atoms with Gasteiger partial charge in [-0.2, -0.15) is 0 Å². The zero-order valence-corrected chi connectivity index (χ0v) is 18.6. The number of nitrogens with one attached hydrogen (secondary N) is 3. The Bertz CT molecular complexity index is 1040. The third-order valence-electron chi connectivity index (χ3n) is 4.70. The molecule has 0 saturated heterocycles. The second kappa shape index (κ2) is 9.09. The number of aryl methyl sites for hydroxylation is 1. The van der Waals surface area contributed by atoms with E-state index in [0.29, 0.717) is 16.4 Å². The van der Waals surface area contributed by atoms with E-state index < -0.39 is 0 Å². The number of thiocarbonyl (C=S) groups is 1. The van der Waals surface area contributed by atoms with Crippen LogP contribution in [0.15, 0.2) is 72.8 Å². The maximum Gasteiger partial charge on any atom is 0.255 e. The smallest absolute Gasteiger partial charge is 0.255 e. The van der Waals surface area contributed by atoms with Crippen molar-refractivity contribution in [2.24, 2.45) is 0 Å². The number of hydrogen-bond donors (Lipinski definition) is 3. The molecule has 0 heterocycles. The average molecular weight is 418 g/mol. The monoisotopic (exact) mass is 417 g/mol. The highest BCUT2D eigenvalue weighted by molar-refractivity contribution is 7.80. The fourth-order valence-electron chi connectivity index (χ4n) is 2.93. The summed E-state index contributed by atoms with van der Waals surface area (Å²) < 4.78 is 0. The van der Waals surface area contributed by atoms with Gasteiger partial charge in [0.1, 0.15) is 0 Å². The number of amides is 1. The number of anilines is 3. The molecule has 5 heteroatoms. The Morgan fingerprint density at radius 2 is 1.33 bits per heavy atom. The molecule has 3 aromatic rings. The van der Waals surface area contributed by atoms with E-state index in [9.17, 15) is 4.79 Å². The van der Waals surface area contributed by atoms with E-state index in [1.807, 2.05) is 79.7 Å². The first-order valence-corrected chi connectivity index (χ1v) is 10.3. The molecule has 0 aliphatic heterocycles. The Morgan fingerprint density at radius 3 is 1.93 bits per heavy atom. The highest BCUT2D eigenvalue weighted by Gasteiger charge is 2.14. The SMILES string of the molecule is Cc1ccc(NC(=S)Nc2cccc(NC(=O)c3ccc(C(C)(C)C)cc3)c2)cc1. The number of carbonyl (C=O) groups excluding carboxylic acids is 1. The third-order valence-corrected chi connectivity index (χ3v) is 4.90. The molecule has 0 radical (unpaired) electrons. The number of benzene rings is 3. The summed E-state index contributed by atoms with van der Waals surface area (Å²) in [6.45, 7) is 8.50. The fourth-order valence-corrected chi connectivity index (χ4v) is 3.17. The molecule has 0 saturated carbocycles. The normalized spacial score (nSPS) is 10.9. The minimum absolute atomic E-state index is 0.0556. The number of rotatable bonds is 4. The maximum atomic E-state index is 12.6.